The zero-order valence-electron chi connectivity index (χ0n) is 11.1. The van der Waals surface area contributed by atoms with Gasteiger partial charge in [0.25, 0.3) is 0 Å². The monoisotopic (exact) mass is 285 g/mol. The number of nitrogens with two attached hydrogens (primary N) is 1. The fourth-order valence-electron chi connectivity index (χ4n) is 2.03. The summed E-state index contributed by atoms with van der Waals surface area (Å²) in [5, 5.41) is 10.6. The fourth-order valence-corrected chi connectivity index (χ4v) is 2.03. The van der Waals surface area contributed by atoms with Crippen LogP contribution in [0, 0.1) is 5.92 Å². The van der Waals surface area contributed by atoms with Gasteiger partial charge in [-0.3, -0.25) is 19.7 Å². The van der Waals surface area contributed by atoms with Gasteiger partial charge in [0.05, 0.1) is 0 Å². The van der Waals surface area contributed by atoms with Gasteiger partial charge in [-0.05, 0) is 19.3 Å². The van der Waals surface area contributed by atoms with Gasteiger partial charge in [0.1, 0.15) is 0 Å². The highest BCUT2D eigenvalue weighted by Crippen LogP contribution is 2.16. The molecular weight excluding hydrogens is 266 g/mol. The number of hydrogen-bond acceptors (Lipinski definition) is 4. The van der Waals surface area contributed by atoms with Crippen molar-refractivity contribution in [2.45, 2.75) is 32.1 Å². The first-order chi connectivity index (χ1) is 9.40. The number of hydrogen-bond donors (Lipinski definition) is 3. The minimum atomic E-state index is -0.974. The van der Waals surface area contributed by atoms with Crippen LogP contribution in [0.1, 0.15) is 32.1 Å². The summed E-state index contributed by atoms with van der Waals surface area (Å²) in [5.41, 5.74) is 5.19. The molecule has 8 nitrogen and oxygen atoms in total. The number of piperidine rings is 1. The van der Waals surface area contributed by atoms with Crippen LogP contribution >= 0.6 is 0 Å². The van der Waals surface area contributed by atoms with Crippen molar-refractivity contribution in [3.05, 3.63) is 0 Å². The second kappa shape index (κ2) is 7.46. The Labute approximate surface area is 116 Å². The van der Waals surface area contributed by atoms with Gasteiger partial charge in [-0.1, -0.05) is 0 Å². The number of primary amides is 1. The van der Waals surface area contributed by atoms with Crippen LogP contribution in [-0.4, -0.2) is 46.9 Å². The average Bonchev–Trinajstić information content (AvgIpc) is 2.38. The number of rotatable bonds is 5. The van der Waals surface area contributed by atoms with E-state index in [9.17, 15) is 19.2 Å². The van der Waals surface area contributed by atoms with E-state index < -0.39 is 17.9 Å². The van der Waals surface area contributed by atoms with E-state index in [0.717, 1.165) is 0 Å². The third-order valence-corrected chi connectivity index (χ3v) is 3.23. The summed E-state index contributed by atoms with van der Waals surface area (Å²) < 4.78 is 0. The smallest absolute Gasteiger partial charge is 0.324 e. The lowest BCUT2D eigenvalue weighted by Gasteiger charge is -2.30. The van der Waals surface area contributed by atoms with Crippen LogP contribution in [0.5, 0.6) is 0 Å². The summed E-state index contributed by atoms with van der Waals surface area (Å²) in [4.78, 5) is 45.9. The van der Waals surface area contributed by atoms with Crippen molar-refractivity contribution in [1.29, 1.82) is 0 Å². The fraction of sp³-hybridized carbons (Fsp3) is 0.667. The molecule has 0 bridgehead atoms. The maximum atomic E-state index is 11.7. The van der Waals surface area contributed by atoms with E-state index in [-0.39, 0.29) is 31.1 Å². The minimum absolute atomic E-state index is 0.00418. The highest BCUT2D eigenvalue weighted by atomic mass is 16.4. The molecule has 1 saturated heterocycles. The van der Waals surface area contributed by atoms with Crippen LogP contribution in [0.3, 0.4) is 0 Å². The first-order valence-electron chi connectivity index (χ1n) is 6.50. The molecule has 0 saturated carbocycles. The summed E-state index contributed by atoms with van der Waals surface area (Å²) in [7, 11) is 0. The predicted molar refractivity (Wildman–Crippen MR) is 68.5 cm³/mol. The molecule has 0 atom stereocenters. The molecule has 0 spiro atoms. The quantitative estimate of drug-likeness (QED) is 0.637. The molecule has 0 unspecified atom stereocenters. The maximum Gasteiger partial charge on any atom is 0.324 e. The molecule has 4 N–H and O–H groups in total. The Morgan fingerprint density at radius 2 is 1.75 bits per heavy atom. The van der Waals surface area contributed by atoms with Gasteiger partial charge in [-0.25, -0.2) is 4.79 Å². The van der Waals surface area contributed by atoms with Gasteiger partial charge in [-0.15, -0.1) is 0 Å². The normalized spacial score (nSPS) is 15.7. The van der Waals surface area contributed by atoms with Crippen molar-refractivity contribution in [2.75, 3.05) is 13.1 Å². The number of likely N-dealkylation sites (tertiary alicyclic amines) is 1. The number of amides is 4. The molecule has 1 rings (SSSR count). The van der Waals surface area contributed by atoms with Gasteiger partial charge >= 0.3 is 12.0 Å². The zero-order chi connectivity index (χ0) is 15.1. The number of nitrogens with zero attached hydrogens (tertiary/aromatic N) is 1. The number of carboxylic acid groups (broad SMARTS) is 1. The van der Waals surface area contributed by atoms with Crippen LogP contribution in [-0.2, 0) is 14.4 Å². The summed E-state index contributed by atoms with van der Waals surface area (Å²) in [6, 6.07) is -0.506. The van der Waals surface area contributed by atoms with Gasteiger partial charge in [-0.2, -0.15) is 0 Å². The Bertz CT molecular complexity index is 402. The molecule has 1 fully saturated rings. The number of nitrogens with one attached hydrogen (secondary N) is 1. The van der Waals surface area contributed by atoms with Gasteiger partial charge in [0.2, 0.25) is 11.8 Å². The van der Waals surface area contributed by atoms with Crippen LogP contribution in [0.4, 0.5) is 4.79 Å². The van der Waals surface area contributed by atoms with E-state index >= 15 is 0 Å². The molecule has 112 valence electrons. The van der Waals surface area contributed by atoms with Crippen LogP contribution in [0.25, 0.3) is 0 Å². The van der Waals surface area contributed by atoms with Crippen molar-refractivity contribution in [3.8, 4) is 0 Å². The number of aliphatic carboxylic acids is 1. The van der Waals surface area contributed by atoms with Crippen molar-refractivity contribution in [2.24, 2.45) is 11.7 Å². The van der Waals surface area contributed by atoms with Crippen molar-refractivity contribution in [3.63, 3.8) is 0 Å². The molecule has 0 aromatic heterocycles. The van der Waals surface area contributed by atoms with E-state index in [1.165, 1.54) is 4.90 Å². The largest absolute Gasteiger partial charge is 0.481 e. The van der Waals surface area contributed by atoms with Crippen LogP contribution in [0.15, 0.2) is 0 Å². The molecule has 0 aliphatic carbocycles. The SMILES string of the molecule is NC(=O)C1CCN(C(=O)NC(=O)CCCC(=O)O)CC1. The summed E-state index contributed by atoms with van der Waals surface area (Å²) in [6.07, 6.45) is 1.07. The first-order valence-corrected chi connectivity index (χ1v) is 6.50. The van der Waals surface area contributed by atoms with E-state index in [2.05, 4.69) is 5.32 Å². The Kier molecular flexibility index (Phi) is 5.95. The Morgan fingerprint density at radius 3 is 2.25 bits per heavy atom. The van der Waals surface area contributed by atoms with Crippen molar-refractivity contribution >= 4 is 23.8 Å². The lowest BCUT2D eigenvalue weighted by Crippen LogP contribution is -2.47. The number of carbonyl (C=O) groups excluding carboxylic acids is 3. The Balaban J connectivity index is 2.28. The van der Waals surface area contributed by atoms with E-state index in [4.69, 9.17) is 10.8 Å². The molecule has 20 heavy (non-hydrogen) atoms. The number of imide groups is 1. The van der Waals surface area contributed by atoms with Gasteiger partial charge in [0, 0.05) is 31.8 Å². The van der Waals surface area contributed by atoms with Crippen LogP contribution in [0.2, 0.25) is 0 Å². The molecule has 8 heteroatoms. The third-order valence-electron chi connectivity index (χ3n) is 3.23. The topological polar surface area (TPSA) is 130 Å². The molecule has 0 aromatic carbocycles. The van der Waals surface area contributed by atoms with Gasteiger partial charge < -0.3 is 15.7 Å². The second-order valence-corrected chi connectivity index (χ2v) is 4.76. The molecule has 1 aliphatic rings. The summed E-state index contributed by atoms with van der Waals surface area (Å²) in [5.74, 6) is -2.05. The summed E-state index contributed by atoms with van der Waals surface area (Å²) >= 11 is 0. The summed E-state index contributed by atoms with van der Waals surface area (Å²) in [6.45, 7) is 0.754. The molecule has 0 aromatic rings. The molecule has 0 radical (unpaired) electrons. The molecule has 4 amide bonds. The second-order valence-electron chi connectivity index (χ2n) is 4.76. The van der Waals surface area contributed by atoms with E-state index in [1.807, 2.05) is 0 Å². The standard InChI is InChI=1S/C12H19N3O5/c13-11(19)8-4-6-15(7-5-8)12(20)14-9(16)2-1-3-10(17)18/h8H,1-7H2,(H2,13,19)(H,17,18)(H,14,16,20). The molecule has 1 aliphatic heterocycles. The molecular formula is C12H19N3O5. The minimum Gasteiger partial charge on any atom is -0.481 e. The van der Waals surface area contributed by atoms with Crippen molar-refractivity contribution < 1.29 is 24.3 Å². The Hall–Kier alpha value is -2.12. The predicted octanol–water partition coefficient (Wildman–Crippen LogP) is -0.325. The number of urea groups is 1. The highest BCUT2D eigenvalue weighted by Gasteiger charge is 2.26. The number of carbonyl (C=O) groups is 4. The third kappa shape index (κ3) is 5.25. The van der Waals surface area contributed by atoms with E-state index in [0.29, 0.717) is 25.9 Å². The number of carboxylic acids is 1. The van der Waals surface area contributed by atoms with E-state index in [1.54, 1.807) is 0 Å². The lowest BCUT2D eigenvalue weighted by atomic mass is 9.96. The lowest BCUT2D eigenvalue weighted by molar-refractivity contribution is -0.137. The Morgan fingerprint density at radius 1 is 1.15 bits per heavy atom. The zero-order valence-corrected chi connectivity index (χ0v) is 11.1. The van der Waals surface area contributed by atoms with Crippen molar-refractivity contribution in [1.82, 2.24) is 10.2 Å². The maximum absolute atomic E-state index is 11.7. The first kappa shape index (κ1) is 15.9. The van der Waals surface area contributed by atoms with Crippen LogP contribution < -0.4 is 11.1 Å². The average molecular weight is 285 g/mol. The van der Waals surface area contributed by atoms with Gasteiger partial charge in [0.15, 0.2) is 0 Å². The molecule has 1 heterocycles. The highest BCUT2D eigenvalue weighted by molar-refractivity contribution is 5.94.